The highest BCUT2D eigenvalue weighted by Gasteiger charge is 2.39. The number of carbonyl (C=O) groups excluding carboxylic acids is 2. The summed E-state index contributed by atoms with van der Waals surface area (Å²) in [4.78, 5) is 29.2. The van der Waals surface area contributed by atoms with Crippen LogP contribution in [0.2, 0.25) is 0 Å². The molecule has 19 heavy (non-hydrogen) atoms. The van der Waals surface area contributed by atoms with E-state index in [1.54, 1.807) is 12.1 Å². The van der Waals surface area contributed by atoms with Gasteiger partial charge in [-0.05, 0) is 6.42 Å². The monoisotopic (exact) mass is 252 g/mol. The van der Waals surface area contributed by atoms with Crippen molar-refractivity contribution < 1.29 is 9.59 Å². The van der Waals surface area contributed by atoms with Gasteiger partial charge in [0.15, 0.2) is 0 Å². The Balaban J connectivity index is 2.60. The molecule has 94 valence electrons. The average molecular weight is 252 g/mol. The first-order valence-corrected chi connectivity index (χ1v) is 5.90. The van der Waals surface area contributed by atoms with Crippen molar-refractivity contribution in [3.05, 3.63) is 60.2 Å². The van der Waals surface area contributed by atoms with Crippen molar-refractivity contribution in [2.24, 2.45) is 15.9 Å². The van der Waals surface area contributed by atoms with Crippen molar-refractivity contribution >= 4 is 12.2 Å². The largest absolute Gasteiger partial charge is 0.237 e. The van der Waals surface area contributed by atoms with Crippen LogP contribution in [0.4, 0.5) is 0 Å². The maximum absolute atomic E-state index is 10.8. The number of rotatable bonds is 4. The summed E-state index contributed by atoms with van der Waals surface area (Å²) in [5, 5.41) is 0. The predicted octanol–water partition coefficient (Wildman–Crippen LogP) is 2.64. The molecule has 1 aromatic rings. The molecule has 4 nitrogen and oxygen atoms in total. The van der Waals surface area contributed by atoms with Gasteiger partial charge < -0.3 is 0 Å². The maximum Gasteiger partial charge on any atom is 0.237 e. The highest BCUT2D eigenvalue weighted by molar-refractivity contribution is 5.44. The van der Waals surface area contributed by atoms with Crippen LogP contribution in [0.1, 0.15) is 12.0 Å². The van der Waals surface area contributed by atoms with Gasteiger partial charge in [0.25, 0.3) is 0 Å². The van der Waals surface area contributed by atoms with Gasteiger partial charge in [0, 0.05) is 11.5 Å². The zero-order valence-electron chi connectivity index (χ0n) is 10.2. The molecule has 0 heterocycles. The van der Waals surface area contributed by atoms with Crippen LogP contribution in [0.15, 0.2) is 64.6 Å². The van der Waals surface area contributed by atoms with E-state index in [0.717, 1.165) is 0 Å². The van der Waals surface area contributed by atoms with E-state index in [1.807, 2.05) is 42.5 Å². The molecule has 0 N–H and O–H groups in total. The standard InChI is InChI=1S/C15H12N2O2/c18-11-16-15(17-12-19,13-7-3-1-4-8-13)14-9-5-2-6-10-14/h1-9,14H,10H2. The van der Waals surface area contributed by atoms with Crippen LogP contribution < -0.4 is 0 Å². The van der Waals surface area contributed by atoms with Crippen LogP contribution >= 0.6 is 0 Å². The lowest BCUT2D eigenvalue weighted by Gasteiger charge is -2.30. The first kappa shape index (κ1) is 12.9. The van der Waals surface area contributed by atoms with Crippen LogP contribution in [-0.4, -0.2) is 12.2 Å². The summed E-state index contributed by atoms with van der Waals surface area (Å²) in [5.74, 6) is -0.206. The molecule has 1 atom stereocenters. The minimum absolute atomic E-state index is 0.206. The zero-order valence-corrected chi connectivity index (χ0v) is 10.2. The van der Waals surface area contributed by atoms with Gasteiger partial charge in [-0.2, -0.15) is 9.98 Å². The van der Waals surface area contributed by atoms with E-state index in [4.69, 9.17) is 0 Å². The second kappa shape index (κ2) is 5.87. The first-order chi connectivity index (χ1) is 9.33. The van der Waals surface area contributed by atoms with Crippen molar-refractivity contribution in [1.82, 2.24) is 0 Å². The van der Waals surface area contributed by atoms with Crippen molar-refractivity contribution in [3.8, 4) is 0 Å². The third-order valence-electron chi connectivity index (χ3n) is 3.13. The lowest BCUT2D eigenvalue weighted by atomic mass is 9.82. The molecule has 0 bridgehead atoms. The summed E-state index contributed by atoms with van der Waals surface area (Å²) >= 11 is 0. The molecular weight excluding hydrogens is 240 g/mol. The molecule has 1 unspecified atom stereocenters. The van der Waals surface area contributed by atoms with Gasteiger partial charge in [-0.1, -0.05) is 54.6 Å². The van der Waals surface area contributed by atoms with Crippen molar-refractivity contribution in [2.75, 3.05) is 0 Å². The second-order valence-corrected chi connectivity index (χ2v) is 4.15. The molecule has 0 radical (unpaired) electrons. The van der Waals surface area contributed by atoms with Gasteiger partial charge in [-0.3, -0.25) is 0 Å². The van der Waals surface area contributed by atoms with Gasteiger partial charge >= 0.3 is 0 Å². The Morgan fingerprint density at radius 1 is 1.05 bits per heavy atom. The Bertz CT molecular complexity index is 574. The highest BCUT2D eigenvalue weighted by Crippen LogP contribution is 2.39. The highest BCUT2D eigenvalue weighted by atomic mass is 16.1. The number of isocyanates is 2. The summed E-state index contributed by atoms with van der Waals surface area (Å²) < 4.78 is 0. The fourth-order valence-electron chi connectivity index (χ4n) is 2.24. The summed E-state index contributed by atoms with van der Waals surface area (Å²) in [6, 6.07) is 9.04. The molecule has 0 aliphatic heterocycles. The summed E-state index contributed by atoms with van der Waals surface area (Å²) in [6.07, 6.45) is 11.3. The maximum atomic E-state index is 10.8. The molecule has 1 aliphatic rings. The minimum Gasteiger partial charge on any atom is -0.211 e. The van der Waals surface area contributed by atoms with Gasteiger partial charge in [0.05, 0.1) is 0 Å². The number of hydrogen-bond donors (Lipinski definition) is 0. The van der Waals surface area contributed by atoms with E-state index in [2.05, 4.69) is 9.98 Å². The van der Waals surface area contributed by atoms with E-state index in [1.165, 1.54) is 12.2 Å². The molecule has 2 rings (SSSR count). The van der Waals surface area contributed by atoms with Crippen LogP contribution in [-0.2, 0) is 15.3 Å². The van der Waals surface area contributed by atoms with Crippen molar-refractivity contribution in [2.45, 2.75) is 12.1 Å². The van der Waals surface area contributed by atoms with Crippen LogP contribution in [0.5, 0.6) is 0 Å². The number of hydrogen-bond acceptors (Lipinski definition) is 4. The topological polar surface area (TPSA) is 58.9 Å². The predicted molar refractivity (Wildman–Crippen MR) is 70.8 cm³/mol. The number of aliphatic imine (C=N–C) groups is 2. The quantitative estimate of drug-likeness (QED) is 0.611. The Labute approximate surface area is 110 Å². The fraction of sp³-hybridized carbons (Fsp3) is 0.200. The van der Waals surface area contributed by atoms with Crippen molar-refractivity contribution in [3.63, 3.8) is 0 Å². The molecule has 0 saturated carbocycles. The molecule has 4 heteroatoms. The third-order valence-corrected chi connectivity index (χ3v) is 3.13. The van der Waals surface area contributed by atoms with E-state index >= 15 is 0 Å². The Morgan fingerprint density at radius 3 is 2.26 bits per heavy atom. The average Bonchev–Trinajstić information content (AvgIpc) is 2.49. The van der Waals surface area contributed by atoms with Gasteiger partial charge in [0.2, 0.25) is 17.8 Å². The molecule has 1 aromatic carbocycles. The lowest BCUT2D eigenvalue weighted by molar-refractivity contribution is 0.341. The first-order valence-electron chi connectivity index (χ1n) is 5.90. The van der Waals surface area contributed by atoms with Gasteiger partial charge in [0.1, 0.15) is 0 Å². The third kappa shape index (κ3) is 2.50. The van der Waals surface area contributed by atoms with Gasteiger partial charge in [-0.15, -0.1) is 0 Å². The Morgan fingerprint density at radius 2 is 1.74 bits per heavy atom. The number of nitrogens with zero attached hydrogens (tertiary/aromatic N) is 2. The Hall–Kier alpha value is -2.54. The van der Waals surface area contributed by atoms with E-state index < -0.39 is 5.66 Å². The second-order valence-electron chi connectivity index (χ2n) is 4.15. The number of allylic oxidation sites excluding steroid dienone is 3. The molecule has 0 spiro atoms. The van der Waals surface area contributed by atoms with Crippen LogP contribution in [0.25, 0.3) is 0 Å². The fourth-order valence-corrected chi connectivity index (χ4v) is 2.24. The molecule has 0 amide bonds. The minimum atomic E-state index is -1.27. The lowest BCUT2D eigenvalue weighted by Crippen LogP contribution is -2.30. The smallest absolute Gasteiger partial charge is 0.211 e. The van der Waals surface area contributed by atoms with Crippen LogP contribution in [0.3, 0.4) is 0 Å². The van der Waals surface area contributed by atoms with E-state index in [9.17, 15) is 9.59 Å². The molecule has 1 aliphatic carbocycles. The summed E-state index contributed by atoms with van der Waals surface area (Å²) in [5.41, 5.74) is -0.599. The molecular formula is C15H12N2O2. The zero-order chi connectivity index (χ0) is 13.6. The molecule has 0 saturated heterocycles. The summed E-state index contributed by atoms with van der Waals surface area (Å²) in [6.45, 7) is 0. The van der Waals surface area contributed by atoms with Crippen molar-refractivity contribution in [1.29, 1.82) is 0 Å². The normalized spacial score (nSPS) is 19.9. The SMILES string of the molecule is O=C=NC(N=C=O)(c1ccccc1)C1C=CC=CC1. The molecule has 0 fully saturated rings. The van der Waals surface area contributed by atoms with Gasteiger partial charge in [-0.25, -0.2) is 9.59 Å². The van der Waals surface area contributed by atoms with E-state index in [0.29, 0.717) is 12.0 Å². The Kier molecular flexibility index (Phi) is 3.99. The van der Waals surface area contributed by atoms with E-state index in [-0.39, 0.29) is 5.92 Å². The summed E-state index contributed by atoms with van der Waals surface area (Å²) in [7, 11) is 0. The molecule has 0 aromatic heterocycles. The number of benzene rings is 1. The van der Waals surface area contributed by atoms with Crippen LogP contribution in [0, 0.1) is 5.92 Å².